The normalized spacial score (nSPS) is 13.1. The van der Waals surface area contributed by atoms with Gasteiger partial charge < -0.3 is 8.37 Å². The molecule has 0 bridgehead atoms. The minimum atomic E-state index is -5.32. The summed E-state index contributed by atoms with van der Waals surface area (Å²) >= 11 is 0. The Kier molecular flexibility index (Phi) is 10.3. The summed E-state index contributed by atoms with van der Waals surface area (Å²) in [5.74, 6) is -0.957. The Labute approximate surface area is 297 Å². The van der Waals surface area contributed by atoms with Crippen molar-refractivity contribution in [3.05, 3.63) is 131 Å². The molecular weight excluding hydrogens is 796 g/mol. The van der Waals surface area contributed by atoms with Gasteiger partial charge in [-0.2, -0.15) is 69.5 Å². The molecule has 5 rings (SSSR count). The predicted octanol–water partition coefficient (Wildman–Crippen LogP) is 10.6. The summed E-state index contributed by atoms with van der Waals surface area (Å²) in [5, 5.41) is 0. The molecule has 0 aliphatic carbocycles. The second-order valence-corrected chi connectivity index (χ2v) is 14.2. The summed E-state index contributed by atoms with van der Waals surface area (Å²) in [6, 6.07) is 15.4. The number of alkyl halides is 12. The fourth-order valence-corrected chi connectivity index (χ4v) is 6.86. The van der Waals surface area contributed by atoms with Crippen LogP contribution in [0.3, 0.4) is 0 Å². The van der Waals surface area contributed by atoms with Gasteiger partial charge in [-0.25, -0.2) is 0 Å². The Morgan fingerprint density at radius 1 is 0.370 bits per heavy atom. The second kappa shape index (κ2) is 13.9. The maximum Gasteiger partial charge on any atom is 0.416 e. The summed E-state index contributed by atoms with van der Waals surface area (Å²) in [4.78, 5) is -2.81. The molecule has 5 aromatic rings. The minimum Gasteiger partial charge on any atom is -0.379 e. The second-order valence-electron chi connectivity index (χ2n) is 11.2. The summed E-state index contributed by atoms with van der Waals surface area (Å²) < 4.78 is 220. The third-order valence-electron chi connectivity index (χ3n) is 7.37. The highest BCUT2D eigenvalue weighted by atomic mass is 32.2. The minimum absolute atomic E-state index is 0.00402. The van der Waals surface area contributed by atoms with Gasteiger partial charge in [-0.05, 0) is 82.9 Å². The molecule has 0 unspecified atom stereocenters. The van der Waals surface area contributed by atoms with E-state index >= 15 is 0 Å². The van der Waals surface area contributed by atoms with Crippen molar-refractivity contribution in [2.24, 2.45) is 0 Å². The number of hydrogen-bond acceptors (Lipinski definition) is 6. The molecular formula is C34H18F12O6S2. The third-order valence-corrected chi connectivity index (χ3v) is 9.82. The highest BCUT2D eigenvalue weighted by molar-refractivity contribution is 7.87. The van der Waals surface area contributed by atoms with E-state index < -0.39 is 88.5 Å². The number of rotatable bonds is 8. The van der Waals surface area contributed by atoms with Crippen molar-refractivity contribution in [3.63, 3.8) is 0 Å². The SMILES string of the molecule is O=S(=O)(Oc1ccc(-c2ccccc2-c2ccc(OS(=O)(=O)c3cc(C(F)(F)F)cc(C(F)(F)F)c3)cc2)cc1)c1cc(C(F)(F)F)cc(C(F)(F)F)c1. The molecule has 0 heterocycles. The zero-order valence-corrected chi connectivity index (χ0v) is 27.8. The van der Waals surface area contributed by atoms with Gasteiger partial charge in [0.05, 0.1) is 22.3 Å². The van der Waals surface area contributed by atoms with Gasteiger partial charge in [-0.1, -0.05) is 48.5 Å². The van der Waals surface area contributed by atoms with E-state index in [-0.39, 0.29) is 36.4 Å². The maximum absolute atomic E-state index is 13.3. The molecule has 6 nitrogen and oxygen atoms in total. The van der Waals surface area contributed by atoms with Crippen LogP contribution in [0.2, 0.25) is 0 Å². The number of halogens is 12. The molecule has 0 fully saturated rings. The van der Waals surface area contributed by atoms with Crippen LogP contribution in [0.1, 0.15) is 22.3 Å². The van der Waals surface area contributed by atoms with Crippen LogP contribution in [0, 0.1) is 0 Å². The maximum atomic E-state index is 13.3. The average Bonchev–Trinajstić information content (AvgIpc) is 3.07. The fraction of sp³-hybridized carbons (Fsp3) is 0.118. The number of benzene rings is 5. The van der Waals surface area contributed by atoms with E-state index in [1.807, 2.05) is 0 Å². The summed E-state index contributed by atoms with van der Waals surface area (Å²) in [5.41, 5.74) is -5.84. The Bertz CT molecular complexity index is 2170. The molecule has 0 radical (unpaired) electrons. The highest BCUT2D eigenvalue weighted by Gasteiger charge is 2.40. The summed E-state index contributed by atoms with van der Waals surface area (Å²) in [6.45, 7) is 0. The Morgan fingerprint density at radius 2 is 0.630 bits per heavy atom. The van der Waals surface area contributed by atoms with Crippen molar-refractivity contribution in [1.82, 2.24) is 0 Å². The lowest BCUT2D eigenvalue weighted by Gasteiger charge is -2.15. The van der Waals surface area contributed by atoms with Crippen LogP contribution >= 0.6 is 0 Å². The van der Waals surface area contributed by atoms with Crippen molar-refractivity contribution in [2.75, 3.05) is 0 Å². The van der Waals surface area contributed by atoms with E-state index in [4.69, 9.17) is 8.37 Å². The molecule has 0 amide bonds. The third kappa shape index (κ3) is 9.09. The summed E-state index contributed by atoms with van der Waals surface area (Å²) in [6.07, 6.45) is -21.3. The lowest BCUT2D eigenvalue weighted by atomic mass is 9.94. The van der Waals surface area contributed by atoms with Crippen LogP contribution in [0.15, 0.2) is 119 Å². The van der Waals surface area contributed by atoms with E-state index in [2.05, 4.69) is 0 Å². The molecule has 286 valence electrons. The van der Waals surface area contributed by atoms with E-state index in [9.17, 15) is 69.5 Å². The largest absolute Gasteiger partial charge is 0.416 e. The first kappa shape index (κ1) is 40.0. The van der Waals surface area contributed by atoms with Gasteiger partial charge >= 0.3 is 44.9 Å². The van der Waals surface area contributed by atoms with Crippen LogP contribution in [-0.4, -0.2) is 16.8 Å². The molecule has 0 atom stereocenters. The van der Waals surface area contributed by atoms with Crippen molar-refractivity contribution >= 4 is 20.2 Å². The molecule has 5 aromatic carbocycles. The van der Waals surface area contributed by atoms with Crippen LogP contribution in [0.4, 0.5) is 52.7 Å². The quantitative estimate of drug-likeness (QED) is 0.115. The topological polar surface area (TPSA) is 86.7 Å². The summed E-state index contributed by atoms with van der Waals surface area (Å²) in [7, 11) is -10.4. The van der Waals surface area contributed by atoms with Gasteiger partial charge in [0, 0.05) is 0 Å². The molecule has 20 heteroatoms. The van der Waals surface area contributed by atoms with E-state index in [0.29, 0.717) is 22.3 Å². The van der Waals surface area contributed by atoms with Crippen LogP contribution in [-0.2, 0) is 44.9 Å². The lowest BCUT2D eigenvalue weighted by molar-refractivity contribution is -0.145. The molecule has 0 aromatic heterocycles. The zero-order chi connectivity index (χ0) is 40.1. The van der Waals surface area contributed by atoms with Crippen LogP contribution < -0.4 is 8.37 Å². The first-order valence-electron chi connectivity index (χ1n) is 14.5. The lowest BCUT2D eigenvalue weighted by Crippen LogP contribution is -2.16. The zero-order valence-electron chi connectivity index (χ0n) is 26.2. The molecule has 54 heavy (non-hydrogen) atoms. The smallest absolute Gasteiger partial charge is 0.379 e. The first-order valence-corrected chi connectivity index (χ1v) is 17.3. The van der Waals surface area contributed by atoms with Crippen LogP contribution in [0.25, 0.3) is 22.3 Å². The van der Waals surface area contributed by atoms with Crippen molar-refractivity contribution in [1.29, 1.82) is 0 Å². The van der Waals surface area contributed by atoms with Gasteiger partial charge in [0.1, 0.15) is 21.3 Å². The van der Waals surface area contributed by atoms with Gasteiger partial charge in [0.15, 0.2) is 0 Å². The molecule has 0 saturated heterocycles. The van der Waals surface area contributed by atoms with E-state index in [0.717, 1.165) is 24.3 Å². The molecule has 0 spiro atoms. The predicted molar refractivity (Wildman–Crippen MR) is 166 cm³/mol. The van der Waals surface area contributed by atoms with Gasteiger partial charge in [-0.15, -0.1) is 0 Å². The van der Waals surface area contributed by atoms with Crippen molar-refractivity contribution < 1.29 is 77.9 Å². The Morgan fingerprint density at radius 3 is 0.870 bits per heavy atom. The standard InChI is InChI=1S/C34H18F12O6S2/c35-31(36,37)21-13-22(32(38,39)40)16-27(15-21)53(47,48)51-25-9-5-19(6-10-25)29-3-1-2-4-30(29)20-7-11-26(12-8-20)52-54(49,50)28-17-23(33(41,42)43)14-24(18-28)34(44,45)46/h1-18H. The molecule has 0 aliphatic rings. The van der Waals surface area contributed by atoms with E-state index in [1.54, 1.807) is 24.3 Å². The average molecular weight is 815 g/mol. The van der Waals surface area contributed by atoms with E-state index in [1.165, 1.54) is 24.3 Å². The van der Waals surface area contributed by atoms with Crippen molar-refractivity contribution in [3.8, 4) is 33.8 Å². The molecule has 0 saturated carbocycles. The highest BCUT2D eigenvalue weighted by Crippen LogP contribution is 2.40. The number of hydrogen-bond donors (Lipinski definition) is 0. The molecule has 0 aliphatic heterocycles. The van der Waals surface area contributed by atoms with Crippen molar-refractivity contribution in [2.45, 2.75) is 34.5 Å². The Balaban J connectivity index is 1.39. The Hall–Kier alpha value is -5.24. The molecule has 0 N–H and O–H groups in total. The van der Waals surface area contributed by atoms with Crippen LogP contribution in [0.5, 0.6) is 11.5 Å². The first-order chi connectivity index (χ1) is 24.7. The fourth-order valence-electron chi connectivity index (χ4n) is 4.86. The van der Waals surface area contributed by atoms with Gasteiger partial charge in [-0.3, -0.25) is 0 Å². The van der Waals surface area contributed by atoms with Gasteiger partial charge in [0.25, 0.3) is 0 Å². The monoisotopic (exact) mass is 814 g/mol. The van der Waals surface area contributed by atoms with Gasteiger partial charge in [0.2, 0.25) is 0 Å².